The zero-order valence-electron chi connectivity index (χ0n) is 12.7. The highest BCUT2D eigenvalue weighted by Gasteiger charge is 2.13. The topological polar surface area (TPSA) is 65.2 Å². The number of ether oxygens (including phenoxy) is 1. The van der Waals surface area contributed by atoms with Gasteiger partial charge in [-0.25, -0.2) is 0 Å². The van der Waals surface area contributed by atoms with E-state index in [1.165, 1.54) is 23.1 Å². The molecule has 3 rings (SSSR count). The fourth-order valence-electron chi connectivity index (χ4n) is 1.87. The smallest absolute Gasteiger partial charge is 0.277 e. The molecule has 0 atom stereocenters. The lowest BCUT2D eigenvalue weighted by Crippen LogP contribution is -1.99. The molecule has 0 unspecified atom stereocenters. The minimum absolute atomic E-state index is 0.0338. The summed E-state index contributed by atoms with van der Waals surface area (Å²) in [7, 11) is 0. The number of nitrogens with zero attached hydrogens (tertiary/aromatic N) is 2. The Morgan fingerprint density at radius 1 is 1.33 bits per heavy atom. The van der Waals surface area contributed by atoms with E-state index in [0.717, 1.165) is 15.1 Å². The van der Waals surface area contributed by atoms with Crippen LogP contribution in [0.1, 0.15) is 21.1 Å². The third kappa shape index (κ3) is 4.68. The van der Waals surface area contributed by atoms with Crippen LogP contribution in [0.2, 0.25) is 0 Å². The molecule has 0 bridgehead atoms. The number of Topliss-reactive ketones (excluding diaryl/α,β-unsaturated/α-hetero) is 1. The lowest BCUT2D eigenvalue weighted by molar-refractivity contribution is 0.102. The molecule has 0 fully saturated rings. The third-order valence-corrected chi connectivity index (χ3v) is 5.46. The molecule has 1 aromatic carbocycles. The minimum Gasteiger partial charge on any atom is -0.484 e. The lowest BCUT2D eigenvalue weighted by atomic mass is 10.2. The van der Waals surface area contributed by atoms with Crippen molar-refractivity contribution >= 4 is 44.8 Å². The van der Waals surface area contributed by atoms with Gasteiger partial charge in [-0.2, -0.15) is 0 Å². The van der Waals surface area contributed by atoms with Gasteiger partial charge in [0.2, 0.25) is 0 Å². The average molecular weight is 425 g/mol. The number of thioether (sulfide) groups is 1. The first-order valence-electron chi connectivity index (χ1n) is 7.03. The highest BCUT2D eigenvalue weighted by Crippen LogP contribution is 2.25. The summed E-state index contributed by atoms with van der Waals surface area (Å²) in [4.78, 5) is 12.7. The third-order valence-electron chi connectivity index (χ3n) is 2.97. The summed E-state index contributed by atoms with van der Waals surface area (Å²) in [5, 5.41) is 8.22. The van der Waals surface area contributed by atoms with Gasteiger partial charge in [-0.3, -0.25) is 4.79 Å². The van der Waals surface area contributed by atoms with Gasteiger partial charge in [0.25, 0.3) is 11.1 Å². The fourth-order valence-corrected chi connectivity index (χ4v) is 3.95. The highest BCUT2D eigenvalue weighted by molar-refractivity contribution is 9.11. The molecule has 0 spiro atoms. The van der Waals surface area contributed by atoms with Crippen LogP contribution < -0.4 is 4.74 Å². The van der Waals surface area contributed by atoms with Crippen LogP contribution in [0.15, 0.2) is 49.8 Å². The van der Waals surface area contributed by atoms with E-state index in [-0.39, 0.29) is 18.1 Å². The molecule has 2 heterocycles. The number of thiophene rings is 1. The molecule has 5 nitrogen and oxygen atoms in total. The molecule has 0 amide bonds. The molecule has 0 saturated heterocycles. The van der Waals surface area contributed by atoms with Crippen molar-refractivity contribution in [2.45, 2.75) is 18.8 Å². The number of aryl methyl sites for hydroxylation is 1. The predicted molar refractivity (Wildman–Crippen MR) is 96.9 cm³/mol. The summed E-state index contributed by atoms with van der Waals surface area (Å²) in [6, 6.07) is 11.4. The van der Waals surface area contributed by atoms with Gasteiger partial charge in [-0.15, -0.1) is 21.5 Å². The first kappa shape index (κ1) is 17.2. The Bertz CT molecular complexity index is 847. The molecule has 0 aliphatic rings. The van der Waals surface area contributed by atoms with E-state index in [4.69, 9.17) is 9.15 Å². The van der Waals surface area contributed by atoms with Gasteiger partial charge in [0, 0.05) is 0 Å². The van der Waals surface area contributed by atoms with Gasteiger partial charge in [0.15, 0.2) is 12.4 Å². The van der Waals surface area contributed by atoms with Gasteiger partial charge in [0.1, 0.15) is 5.75 Å². The molecule has 0 aliphatic carbocycles. The Morgan fingerprint density at radius 3 is 2.96 bits per heavy atom. The summed E-state index contributed by atoms with van der Waals surface area (Å²) in [6.45, 7) is 2.19. The van der Waals surface area contributed by atoms with Crippen molar-refractivity contribution < 1.29 is 13.9 Å². The second-order valence-corrected chi connectivity index (χ2v) is 8.27. The largest absolute Gasteiger partial charge is 0.484 e. The van der Waals surface area contributed by atoms with Gasteiger partial charge >= 0.3 is 0 Å². The van der Waals surface area contributed by atoms with Gasteiger partial charge in [0.05, 0.1) is 14.4 Å². The molecule has 0 N–H and O–H groups in total. The van der Waals surface area contributed by atoms with E-state index in [9.17, 15) is 4.79 Å². The monoisotopic (exact) mass is 424 g/mol. The Balaban J connectivity index is 1.51. The van der Waals surface area contributed by atoms with E-state index >= 15 is 0 Å². The molecular weight excluding hydrogens is 412 g/mol. The number of carbonyl (C=O) groups is 1. The van der Waals surface area contributed by atoms with Crippen molar-refractivity contribution in [2.24, 2.45) is 0 Å². The van der Waals surface area contributed by atoms with Gasteiger partial charge in [-0.1, -0.05) is 23.9 Å². The van der Waals surface area contributed by atoms with Crippen LogP contribution in [-0.4, -0.2) is 21.7 Å². The normalized spacial score (nSPS) is 10.8. The van der Waals surface area contributed by atoms with Crippen molar-refractivity contribution in [1.29, 1.82) is 0 Å². The van der Waals surface area contributed by atoms with Crippen LogP contribution >= 0.6 is 39.0 Å². The standard InChI is InChI=1S/C16H13BrN2O3S2/c1-10-3-2-4-11(7-10)21-8-15-18-19-16(22-15)23-9-12(20)13-5-6-14(17)24-13/h2-7H,8-9H2,1H3. The van der Waals surface area contributed by atoms with E-state index in [0.29, 0.717) is 16.0 Å². The average Bonchev–Trinajstić information content (AvgIpc) is 3.20. The highest BCUT2D eigenvalue weighted by atomic mass is 79.9. The second kappa shape index (κ2) is 7.96. The maximum Gasteiger partial charge on any atom is 0.277 e. The molecular formula is C16H13BrN2O3S2. The molecule has 24 heavy (non-hydrogen) atoms. The van der Waals surface area contributed by atoms with Crippen LogP contribution in [0.3, 0.4) is 0 Å². The van der Waals surface area contributed by atoms with Crippen molar-refractivity contribution in [2.75, 3.05) is 5.75 Å². The van der Waals surface area contributed by atoms with E-state index in [2.05, 4.69) is 26.1 Å². The second-order valence-electron chi connectivity index (χ2n) is 4.88. The van der Waals surface area contributed by atoms with Crippen molar-refractivity contribution in [3.05, 3.63) is 56.5 Å². The molecule has 2 aromatic heterocycles. The number of hydrogen-bond acceptors (Lipinski definition) is 7. The number of carbonyl (C=O) groups excluding carboxylic acids is 1. The molecule has 0 radical (unpaired) electrons. The number of ketones is 1. The van der Waals surface area contributed by atoms with Gasteiger partial charge < -0.3 is 9.15 Å². The van der Waals surface area contributed by atoms with E-state index in [1.54, 1.807) is 6.07 Å². The van der Waals surface area contributed by atoms with Gasteiger partial charge in [-0.05, 0) is 52.7 Å². The van der Waals surface area contributed by atoms with Crippen LogP contribution in [-0.2, 0) is 6.61 Å². The van der Waals surface area contributed by atoms with E-state index < -0.39 is 0 Å². The number of benzene rings is 1. The zero-order valence-corrected chi connectivity index (χ0v) is 15.9. The maximum atomic E-state index is 12.0. The van der Waals surface area contributed by atoms with Crippen LogP contribution in [0.25, 0.3) is 0 Å². The molecule has 0 aliphatic heterocycles. The van der Waals surface area contributed by atoms with Crippen molar-refractivity contribution in [3.8, 4) is 5.75 Å². The first-order chi connectivity index (χ1) is 11.6. The SMILES string of the molecule is Cc1cccc(OCc2nnc(SCC(=O)c3ccc(Br)s3)o2)c1. The first-order valence-corrected chi connectivity index (χ1v) is 9.63. The minimum atomic E-state index is 0.0338. The number of halogens is 1. The summed E-state index contributed by atoms with van der Waals surface area (Å²) in [5.41, 5.74) is 1.12. The zero-order chi connectivity index (χ0) is 16.9. The number of hydrogen-bond donors (Lipinski definition) is 0. The molecule has 8 heteroatoms. The Morgan fingerprint density at radius 2 is 2.21 bits per heavy atom. The quantitative estimate of drug-likeness (QED) is 0.402. The van der Waals surface area contributed by atoms with Crippen LogP contribution in [0, 0.1) is 6.92 Å². The van der Waals surface area contributed by atoms with E-state index in [1.807, 2.05) is 37.3 Å². The lowest BCUT2D eigenvalue weighted by Gasteiger charge is -2.03. The number of aromatic nitrogens is 2. The van der Waals surface area contributed by atoms with Crippen molar-refractivity contribution in [1.82, 2.24) is 10.2 Å². The Hall–Kier alpha value is -1.64. The molecule has 3 aromatic rings. The predicted octanol–water partition coefficient (Wildman–Crippen LogP) is 4.76. The molecule has 0 saturated carbocycles. The summed E-state index contributed by atoms with van der Waals surface area (Å²) >= 11 is 5.98. The maximum absolute atomic E-state index is 12.0. The van der Waals surface area contributed by atoms with Crippen LogP contribution in [0.5, 0.6) is 5.75 Å². The summed E-state index contributed by atoms with van der Waals surface area (Å²) in [6.07, 6.45) is 0. The molecule has 124 valence electrons. The fraction of sp³-hybridized carbons (Fsp3) is 0.188. The number of rotatable bonds is 7. The Labute approximate surface area is 155 Å². The van der Waals surface area contributed by atoms with Crippen molar-refractivity contribution in [3.63, 3.8) is 0 Å². The Kier molecular flexibility index (Phi) is 5.70. The summed E-state index contributed by atoms with van der Waals surface area (Å²) < 4.78 is 12.0. The summed E-state index contributed by atoms with van der Waals surface area (Å²) in [5.74, 6) is 1.42. The van der Waals surface area contributed by atoms with Crippen LogP contribution in [0.4, 0.5) is 0 Å².